The Hall–Kier alpha value is -0.646. The SMILES string of the molecule is C=C[SiH](O[SiH2]C)c1ccccc1. The molecule has 0 aliphatic rings. The van der Waals surface area contributed by atoms with Crippen molar-refractivity contribution in [2.75, 3.05) is 0 Å². The van der Waals surface area contributed by atoms with Crippen LogP contribution in [0.3, 0.4) is 0 Å². The fraction of sp³-hybridized carbons (Fsp3) is 0.111. The zero-order valence-electron chi connectivity index (χ0n) is 7.36. The van der Waals surface area contributed by atoms with Crippen molar-refractivity contribution in [3.8, 4) is 0 Å². The second kappa shape index (κ2) is 5.08. The van der Waals surface area contributed by atoms with Crippen LogP contribution in [0.1, 0.15) is 0 Å². The van der Waals surface area contributed by atoms with Crippen molar-refractivity contribution < 1.29 is 4.12 Å². The Morgan fingerprint density at radius 1 is 1.42 bits per heavy atom. The van der Waals surface area contributed by atoms with E-state index in [-0.39, 0.29) is 9.76 Å². The lowest BCUT2D eigenvalue weighted by atomic mass is 10.4. The number of rotatable bonds is 4. The zero-order valence-corrected chi connectivity index (χ0v) is 9.93. The highest BCUT2D eigenvalue weighted by Gasteiger charge is 2.07. The summed E-state index contributed by atoms with van der Waals surface area (Å²) in [6.07, 6.45) is 0. The second-order valence-corrected chi connectivity index (χ2v) is 6.41. The first-order chi connectivity index (χ1) is 5.88. The fourth-order valence-corrected chi connectivity index (χ4v) is 4.75. The fourth-order valence-electron chi connectivity index (χ4n) is 1.12. The number of hydrogen-bond donors (Lipinski definition) is 0. The van der Waals surface area contributed by atoms with Gasteiger partial charge in [-0.25, -0.2) is 0 Å². The van der Waals surface area contributed by atoms with Gasteiger partial charge in [-0.3, -0.25) is 0 Å². The highest BCUT2D eigenvalue weighted by atomic mass is 28.3. The molecular weight excluding hydrogens is 180 g/mol. The molecule has 3 heteroatoms. The predicted molar refractivity (Wildman–Crippen MR) is 58.9 cm³/mol. The molecule has 0 saturated carbocycles. The van der Waals surface area contributed by atoms with Crippen LogP contribution in [0.25, 0.3) is 0 Å². The van der Waals surface area contributed by atoms with E-state index in [9.17, 15) is 0 Å². The van der Waals surface area contributed by atoms with Crippen molar-refractivity contribution in [2.45, 2.75) is 6.55 Å². The molecule has 64 valence electrons. The third-order valence-electron chi connectivity index (χ3n) is 1.69. The molecule has 0 fully saturated rings. The normalized spacial score (nSPS) is 13.4. The summed E-state index contributed by atoms with van der Waals surface area (Å²) in [6.45, 7) is 5.97. The molecule has 1 rings (SSSR count). The van der Waals surface area contributed by atoms with Crippen LogP contribution in [0.15, 0.2) is 42.6 Å². The summed E-state index contributed by atoms with van der Waals surface area (Å²) < 4.78 is 5.74. The van der Waals surface area contributed by atoms with E-state index >= 15 is 0 Å². The van der Waals surface area contributed by atoms with Gasteiger partial charge in [0.2, 0.25) is 9.04 Å². The smallest absolute Gasteiger partial charge is 0.220 e. The van der Waals surface area contributed by atoms with Crippen molar-refractivity contribution in [1.82, 2.24) is 0 Å². The van der Waals surface area contributed by atoms with Gasteiger partial charge in [0, 0.05) is 0 Å². The summed E-state index contributed by atoms with van der Waals surface area (Å²) in [5, 5.41) is 1.34. The van der Waals surface area contributed by atoms with Crippen LogP contribution in [0, 0.1) is 0 Å². The van der Waals surface area contributed by atoms with E-state index in [1.54, 1.807) is 0 Å². The van der Waals surface area contributed by atoms with Crippen molar-refractivity contribution >= 4 is 24.0 Å². The van der Waals surface area contributed by atoms with Crippen LogP contribution in [-0.4, -0.2) is 18.8 Å². The van der Waals surface area contributed by atoms with E-state index < -0.39 is 9.04 Å². The predicted octanol–water partition coefficient (Wildman–Crippen LogP) is 0.491. The van der Waals surface area contributed by atoms with Gasteiger partial charge < -0.3 is 4.12 Å². The van der Waals surface area contributed by atoms with E-state index in [0.717, 1.165) is 0 Å². The molecule has 12 heavy (non-hydrogen) atoms. The molecule has 0 radical (unpaired) electrons. The van der Waals surface area contributed by atoms with Gasteiger partial charge in [0.25, 0.3) is 0 Å². The molecule has 0 aliphatic heterocycles. The highest BCUT2D eigenvalue weighted by molar-refractivity contribution is 6.75. The molecule has 0 N–H and O–H groups in total. The van der Waals surface area contributed by atoms with E-state index in [1.165, 1.54) is 5.19 Å². The monoisotopic (exact) mass is 194 g/mol. The highest BCUT2D eigenvalue weighted by Crippen LogP contribution is 1.90. The van der Waals surface area contributed by atoms with E-state index in [2.05, 4.69) is 37.4 Å². The topological polar surface area (TPSA) is 9.23 Å². The molecule has 0 aliphatic carbocycles. The summed E-state index contributed by atoms with van der Waals surface area (Å²) in [6, 6.07) is 10.4. The number of hydrogen-bond acceptors (Lipinski definition) is 1. The Morgan fingerprint density at radius 2 is 2.08 bits per heavy atom. The molecule has 0 bridgehead atoms. The first kappa shape index (κ1) is 9.44. The van der Waals surface area contributed by atoms with Gasteiger partial charge in [0.15, 0.2) is 0 Å². The lowest BCUT2D eigenvalue weighted by Gasteiger charge is -2.10. The Labute approximate surface area is 77.7 Å². The summed E-state index contributed by atoms with van der Waals surface area (Å²) in [7, 11) is -1.54. The minimum atomic E-state index is -1.25. The van der Waals surface area contributed by atoms with Crippen LogP contribution in [0.4, 0.5) is 0 Å². The molecule has 1 aromatic carbocycles. The van der Waals surface area contributed by atoms with Gasteiger partial charge in [0.05, 0.1) is 0 Å². The summed E-state index contributed by atoms with van der Waals surface area (Å²) >= 11 is 0. The summed E-state index contributed by atoms with van der Waals surface area (Å²) in [5.74, 6) is 0. The molecule has 1 nitrogen and oxygen atoms in total. The first-order valence-corrected chi connectivity index (χ1v) is 7.88. The molecule has 1 unspecified atom stereocenters. The Kier molecular flexibility index (Phi) is 4.00. The average molecular weight is 194 g/mol. The van der Waals surface area contributed by atoms with E-state index in [4.69, 9.17) is 4.12 Å². The Balaban J connectivity index is 2.73. The van der Waals surface area contributed by atoms with Gasteiger partial charge in [-0.1, -0.05) is 42.6 Å². The molecule has 0 aromatic heterocycles. The molecule has 0 spiro atoms. The standard InChI is InChI=1S/C9H14OSi2/c1-3-12(10-11-2)9-7-5-4-6-8-9/h3-8,12H,1,11H2,2H3. The second-order valence-electron chi connectivity index (χ2n) is 2.52. The van der Waals surface area contributed by atoms with Crippen LogP contribution >= 0.6 is 0 Å². The van der Waals surface area contributed by atoms with Gasteiger partial charge in [-0.2, -0.15) is 0 Å². The van der Waals surface area contributed by atoms with Crippen molar-refractivity contribution in [1.29, 1.82) is 0 Å². The van der Waals surface area contributed by atoms with Gasteiger partial charge in [-0.05, 0) is 5.19 Å². The third-order valence-corrected chi connectivity index (χ3v) is 5.93. The molecule has 1 aromatic rings. The minimum absolute atomic E-state index is 0.298. The zero-order chi connectivity index (χ0) is 8.81. The molecule has 0 amide bonds. The van der Waals surface area contributed by atoms with Crippen molar-refractivity contribution in [2.24, 2.45) is 0 Å². The first-order valence-electron chi connectivity index (χ1n) is 4.17. The molecule has 0 heterocycles. The maximum atomic E-state index is 5.74. The minimum Gasteiger partial charge on any atom is -0.457 e. The molecule has 1 atom stereocenters. The summed E-state index contributed by atoms with van der Waals surface area (Å²) in [4.78, 5) is 0. The number of benzene rings is 1. The van der Waals surface area contributed by atoms with Crippen LogP contribution < -0.4 is 5.19 Å². The van der Waals surface area contributed by atoms with E-state index in [0.29, 0.717) is 0 Å². The maximum Gasteiger partial charge on any atom is 0.220 e. The van der Waals surface area contributed by atoms with Crippen molar-refractivity contribution in [3.05, 3.63) is 42.6 Å². The quantitative estimate of drug-likeness (QED) is 0.634. The van der Waals surface area contributed by atoms with E-state index in [1.807, 2.05) is 11.8 Å². The van der Waals surface area contributed by atoms with Gasteiger partial charge >= 0.3 is 0 Å². The Bertz CT molecular complexity index is 236. The van der Waals surface area contributed by atoms with Crippen LogP contribution in [0.5, 0.6) is 0 Å². The largest absolute Gasteiger partial charge is 0.457 e. The van der Waals surface area contributed by atoms with Crippen LogP contribution in [0.2, 0.25) is 6.55 Å². The van der Waals surface area contributed by atoms with Crippen molar-refractivity contribution in [3.63, 3.8) is 0 Å². The average Bonchev–Trinajstić information content (AvgIpc) is 2.15. The Morgan fingerprint density at radius 3 is 2.58 bits per heavy atom. The third kappa shape index (κ3) is 2.44. The van der Waals surface area contributed by atoms with Crippen LogP contribution in [-0.2, 0) is 4.12 Å². The lowest BCUT2D eigenvalue weighted by molar-refractivity contribution is 0.641. The van der Waals surface area contributed by atoms with Gasteiger partial charge in [-0.15, -0.1) is 6.58 Å². The molecule has 0 saturated heterocycles. The molecular formula is C9H14OSi2. The maximum absolute atomic E-state index is 5.74. The lowest BCUT2D eigenvalue weighted by Crippen LogP contribution is -2.32. The summed E-state index contributed by atoms with van der Waals surface area (Å²) in [5.41, 5.74) is 1.99. The van der Waals surface area contributed by atoms with Gasteiger partial charge in [0.1, 0.15) is 9.76 Å².